The lowest BCUT2D eigenvalue weighted by molar-refractivity contribution is -0.277. The van der Waals surface area contributed by atoms with Gasteiger partial charge < -0.3 is 43.9 Å². The van der Waals surface area contributed by atoms with Crippen LogP contribution in [0.15, 0.2) is 12.1 Å². The van der Waals surface area contributed by atoms with Crippen LogP contribution < -0.4 is 0 Å². The SMILES string of the molecule is CO[C@]12CC(=O)O[C@]13C(=O)c1c(cc4cc(O)c5c(c4c1O)CN(C)C5=O)C(=O)[C@]3(O[C@H]1CC[C@H](O)[C@H](C)O1)CO2. The highest BCUT2D eigenvalue weighted by atomic mass is 16.8. The molecular formula is C28H27NO12. The second-order valence-electron chi connectivity index (χ2n) is 11.3. The van der Waals surface area contributed by atoms with Crippen LogP contribution >= 0.6 is 0 Å². The average molecular weight is 570 g/mol. The van der Waals surface area contributed by atoms with Crippen molar-refractivity contribution in [2.24, 2.45) is 0 Å². The molecule has 0 bridgehead atoms. The lowest BCUT2D eigenvalue weighted by atomic mass is 9.65. The van der Waals surface area contributed by atoms with E-state index in [1.165, 1.54) is 31.2 Å². The molecule has 3 saturated heterocycles. The first-order chi connectivity index (χ1) is 19.4. The fraction of sp³-hybridized carbons (Fsp3) is 0.500. The highest BCUT2D eigenvalue weighted by Gasteiger charge is 2.86. The van der Waals surface area contributed by atoms with Crippen molar-refractivity contribution in [3.05, 3.63) is 34.4 Å². The molecule has 2 aromatic carbocycles. The summed E-state index contributed by atoms with van der Waals surface area (Å²) in [6.07, 6.45) is -2.58. The van der Waals surface area contributed by atoms with Crippen molar-refractivity contribution in [3.8, 4) is 11.5 Å². The summed E-state index contributed by atoms with van der Waals surface area (Å²) in [4.78, 5) is 56.1. The summed E-state index contributed by atoms with van der Waals surface area (Å²) in [7, 11) is 2.73. The van der Waals surface area contributed by atoms with Gasteiger partial charge in [-0.2, -0.15) is 0 Å². The Morgan fingerprint density at radius 2 is 1.83 bits per heavy atom. The van der Waals surface area contributed by atoms with Crippen molar-refractivity contribution >= 4 is 34.2 Å². The molecule has 0 aromatic heterocycles. The van der Waals surface area contributed by atoms with E-state index in [0.29, 0.717) is 0 Å². The van der Waals surface area contributed by atoms with Crippen LogP contribution in [0.5, 0.6) is 11.5 Å². The van der Waals surface area contributed by atoms with E-state index in [4.69, 9.17) is 23.7 Å². The van der Waals surface area contributed by atoms with Crippen LogP contribution in [-0.2, 0) is 35.0 Å². The quantitative estimate of drug-likeness (QED) is 0.446. The summed E-state index contributed by atoms with van der Waals surface area (Å²) in [5.41, 5.74) is -5.16. The van der Waals surface area contributed by atoms with Crippen LogP contribution in [0.1, 0.15) is 62.8 Å². The number of ketones is 2. The van der Waals surface area contributed by atoms with E-state index in [9.17, 15) is 34.5 Å². The van der Waals surface area contributed by atoms with Crippen LogP contribution in [0.3, 0.4) is 0 Å². The van der Waals surface area contributed by atoms with Crippen LogP contribution in [0.2, 0.25) is 0 Å². The van der Waals surface area contributed by atoms with Crippen molar-refractivity contribution in [2.45, 2.75) is 68.2 Å². The number of Topliss-reactive ketones (excluding diaryl/α,β-unsaturated/α-hetero) is 2. The van der Waals surface area contributed by atoms with E-state index >= 15 is 0 Å². The number of aromatic hydroxyl groups is 2. The molecule has 41 heavy (non-hydrogen) atoms. The van der Waals surface area contributed by atoms with E-state index in [2.05, 4.69) is 0 Å². The molecule has 0 radical (unpaired) electrons. The second kappa shape index (κ2) is 8.23. The predicted octanol–water partition coefficient (Wildman–Crippen LogP) is 0.915. The lowest BCUT2D eigenvalue weighted by Gasteiger charge is -2.47. The maximum absolute atomic E-state index is 14.6. The number of amides is 1. The van der Waals surface area contributed by atoms with Gasteiger partial charge in [0.15, 0.2) is 6.29 Å². The number of methoxy groups -OCH3 is 1. The molecule has 1 amide bonds. The number of phenols is 2. The predicted molar refractivity (Wildman–Crippen MR) is 134 cm³/mol. The van der Waals surface area contributed by atoms with Crippen molar-refractivity contribution in [1.29, 1.82) is 0 Å². The third-order valence-electron chi connectivity index (χ3n) is 9.12. The van der Waals surface area contributed by atoms with Crippen molar-refractivity contribution < 1.29 is 58.2 Å². The molecule has 1 spiro atoms. The number of rotatable bonds is 3. The minimum Gasteiger partial charge on any atom is -0.507 e. The second-order valence-corrected chi connectivity index (χ2v) is 11.3. The van der Waals surface area contributed by atoms with E-state index in [-0.39, 0.29) is 52.6 Å². The monoisotopic (exact) mass is 569 g/mol. The number of carbonyl (C=O) groups is 4. The molecule has 216 valence electrons. The Balaban J connectivity index is 1.49. The van der Waals surface area contributed by atoms with Gasteiger partial charge in [0.1, 0.15) is 17.9 Å². The zero-order chi connectivity index (χ0) is 29.2. The Hall–Kier alpha value is -3.62. The average Bonchev–Trinajstić information content (AvgIpc) is 3.50. The summed E-state index contributed by atoms with van der Waals surface area (Å²) < 4.78 is 29.4. The van der Waals surface area contributed by atoms with Gasteiger partial charge in [0.2, 0.25) is 23.0 Å². The Bertz CT molecular complexity index is 1600. The van der Waals surface area contributed by atoms with Gasteiger partial charge in [-0.05, 0) is 36.4 Å². The first kappa shape index (κ1) is 26.3. The minimum absolute atomic E-state index is 0.0193. The van der Waals surface area contributed by atoms with Gasteiger partial charge >= 0.3 is 5.97 Å². The van der Waals surface area contributed by atoms with E-state index < -0.39 is 83.3 Å². The maximum Gasteiger partial charge on any atom is 0.312 e. The van der Waals surface area contributed by atoms with E-state index in [1.54, 1.807) is 6.92 Å². The van der Waals surface area contributed by atoms with Gasteiger partial charge in [-0.25, -0.2) is 0 Å². The molecule has 0 unspecified atom stereocenters. The Morgan fingerprint density at radius 3 is 2.54 bits per heavy atom. The summed E-state index contributed by atoms with van der Waals surface area (Å²) in [6.45, 7) is 1.13. The number of aliphatic hydroxyl groups excluding tert-OH is 1. The van der Waals surface area contributed by atoms with Gasteiger partial charge in [0.05, 0.1) is 29.9 Å². The smallest absolute Gasteiger partial charge is 0.312 e. The largest absolute Gasteiger partial charge is 0.507 e. The third kappa shape index (κ3) is 2.97. The molecule has 6 atom stereocenters. The van der Waals surface area contributed by atoms with Crippen molar-refractivity contribution in [3.63, 3.8) is 0 Å². The number of ether oxygens (including phenoxy) is 5. The molecule has 5 aliphatic rings. The minimum atomic E-state index is -2.48. The molecule has 3 N–H and O–H groups in total. The van der Waals surface area contributed by atoms with Crippen LogP contribution in [0.4, 0.5) is 0 Å². The Labute approximate surface area is 232 Å². The van der Waals surface area contributed by atoms with Gasteiger partial charge in [-0.15, -0.1) is 0 Å². The summed E-state index contributed by atoms with van der Waals surface area (Å²) >= 11 is 0. The van der Waals surface area contributed by atoms with Gasteiger partial charge in [-0.1, -0.05) is 0 Å². The number of esters is 1. The number of phenolic OH excluding ortho intramolecular Hbond substituents is 2. The zero-order valence-corrected chi connectivity index (χ0v) is 22.4. The number of fused-ring (bicyclic) bond motifs is 4. The number of hydrogen-bond acceptors (Lipinski definition) is 12. The van der Waals surface area contributed by atoms with Gasteiger partial charge in [0, 0.05) is 38.1 Å². The highest BCUT2D eigenvalue weighted by Crippen LogP contribution is 2.61. The fourth-order valence-electron chi connectivity index (χ4n) is 7.10. The van der Waals surface area contributed by atoms with E-state index in [0.717, 1.165) is 0 Å². The summed E-state index contributed by atoms with van der Waals surface area (Å²) in [5, 5.41) is 32.8. The zero-order valence-electron chi connectivity index (χ0n) is 22.4. The van der Waals surface area contributed by atoms with Crippen molar-refractivity contribution in [1.82, 2.24) is 4.90 Å². The van der Waals surface area contributed by atoms with Gasteiger partial charge in [-0.3, -0.25) is 19.2 Å². The number of nitrogens with zero attached hydrogens (tertiary/aromatic N) is 1. The highest BCUT2D eigenvalue weighted by molar-refractivity contribution is 6.28. The third-order valence-corrected chi connectivity index (χ3v) is 9.12. The van der Waals surface area contributed by atoms with Crippen LogP contribution in [0, 0.1) is 0 Å². The molecule has 4 aliphatic heterocycles. The Kier molecular flexibility index (Phi) is 5.28. The number of aliphatic hydroxyl groups is 1. The normalized spacial score (nSPS) is 35.9. The van der Waals surface area contributed by atoms with Crippen molar-refractivity contribution in [2.75, 3.05) is 20.8 Å². The van der Waals surface area contributed by atoms with E-state index in [1.807, 2.05) is 0 Å². The Morgan fingerprint density at radius 1 is 1.07 bits per heavy atom. The molecule has 13 heteroatoms. The molecule has 1 aliphatic carbocycles. The molecule has 7 rings (SSSR count). The standard InChI is InChI=1S/C28H27NO12/c1-11-15(30)4-5-18(39-11)41-26-10-38-27(37-3)8-17(32)40-28(26,27)24(35)21-13(23(26)34)6-12-7-16(31)20-14(19(12)22(21)33)9-29(2)25(20)36/h6-7,11,15,18,30-31,33H,4-5,8-10H2,1-3H3/t11-,15-,18-,26+,27-,28-/m0/s1. The van der Waals surface area contributed by atoms with Gasteiger partial charge in [0.25, 0.3) is 11.5 Å². The first-order valence-corrected chi connectivity index (χ1v) is 13.2. The molecule has 13 nitrogen and oxygen atoms in total. The molecule has 3 fully saturated rings. The fourth-order valence-corrected chi connectivity index (χ4v) is 7.10. The molecule has 4 heterocycles. The van der Waals surface area contributed by atoms with Crippen LogP contribution in [-0.4, -0.2) is 99.9 Å². The summed E-state index contributed by atoms with van der Waals surface area (Å²) in [6, 6.07) is 2.58. The number of benzene rings is 2. The summed E-state index contributed by atoms with van der Waals surface area (Å²) in [5.74, 6) is -6.14. The lowest BCUT2D eigenvalue weighted by Crippen LogP contribution is -2.73. The topological polar surface area (TPSA) is 178 Å². The molecular weight excluding hydrogens is 542 g/mol. The number of carbonyl (C=O) groups excluding carboxylic acids is 4. The van der Waals surface area contributed by atoms with Crippen LogP contribution in [0.25, 0.3) is 10.8 Å². The molecule has 0 saturated carbocycles. The maximum atomic E-state index is 14.6. The first-order valence-electron chi connectivity index (χ1n) is 13.2. The number of hydrogen-bond donors (Lipinski definition) is 3. The molecule has 2 aromatic rings.